The monoisotopic (exact) mass is 324 g/mol. The van der Waals surface area contributed by atoms with Gasteiger partial charge in [-0.25, -0.2) is 9.78 Å². The van der Waals surface area contributed by atoms with E-state index >= 15 is 0 Å². The molecule has 2 aliphatic rings. The molecular formula is C17H16N4O3. The van der Waals surface area contributed by atoms with Crippen molar-refractivity contribution in [1.29, 1.82) is 0 Å². The number of hydrogen-bond acceptors (Lipinski definition) is 4. The summed E-state index contributed by atoms with van der Waals surface area (Å²) in [6, 6.07) is 10.1. The van der Waals surface area contributed by atoms with E-state index in [2.05, 4.69) is 15.6 Å². The molecule has 1 fully saturated rings. The first-order valence-electron chi connectivity index (χ1n) is 7.71. The Labute approximate surface area is 138 Å². The maximum absolute atomic E-state index is 12.5. The summed E-state index contributed by atoms with van der Waals surface area (Å²) >= 11 is 0. The van der Waals surface area contributed by atoms with Crippen molar-refractivity contribution in [2.24, 2.45) is 0 Å². The molecule has 2 aromatic rings. The number of nitrogens with zero attached hydrogens (tertiary/aromatic N) is 2. The molecule has 0 radical (unpaired) electrons. The molecule has 0 saturated carbocycles. The van der Waals surface area contributed by atoms with E-state index in [1.807, 2.05) is 6.92 Å². The fourth-order valence-electron chi connectivity index (χ4n) is 3.12. The number of ether oxygens (including phenoxy) is 1. The maximum atomic E-state index is 12.5. The summed E-state index contributed by atoms with van der Waals surface area (Å²) in [5, 5.41) is 5.45. The number of hydrogen-bond donors (Lipinski definition) is 2. The van der Waals surface area contributed by atoms with Gasteiger partial charge in [0.2, 0.25) is 0 Å². The van der Waals surface area contributed by atoms with E-state index in [4.69, 9.17) is 4.74 Å². The number of amides is 3. The van der Waals surface area contributed by atoms with Gasteiger partial charge in [-0.3, -0.25) is 10.1 Å². The van der Waals surface area contributed by atoms with Crippen molar-refractivity contribution in [3.05, 3.63) is 53.7 Å². The lowest BCUT2D eigenvalue weighted by Crippen LogP contribution is -2.31. The molecule has 0 bridgehead atoms. The molecule has 2 N–H and O–H groups in total. The summed E-state index contributed by atoms with van der Waals surface area (Å²) in [4.78, 5) is 30.5. The SMILES string of the molecule is C[C@H]1COC2c3c(NC(=O)Nc4ccccn4)cccc3C(=O)N21. The summed E-state index contributed by atoms with van der Waals surface area (Å²) in [5.41, 5.74) is 1.85. The van der Waals surface area contributed by atoms with Crippen LogP contribution in [0, 0.1) is 0 Å². The Morgan fingerprint density at radius 3 is 2.92 bits per heavy atom. The smallest absolute Gasteiger partial charge is 0.324 e. The molecule has 7 heteroatoms. The normalized spacial score (nSPS) is 21.4. The van der Waals surface area contributed by atoms with Crippen molar-refractivity contribution < 1.29 is 14.3 Å². The molecule has 1 unspecified atom stereocenters. The Bertz CT molecular complexity index is 809. The van der Waals surface area contributed by atoms with Gasteiger partial charge in [0.25, 0.3) is 5.91 Å². The molecule has 4 rings (SSSR count). The van der Waals surface area contributed by atoms with Gasteiger partial charge in [-0.1, -0.05) is 12.1 Å². The number of aromatic nitrogens is 1. The number of rotatable bonds is 2. The zero-order valence-corrected chi connectivity index (χ0v) is 13.0. The highest BCUT2D eigenvalue weighted by Crippen LogP contribution is 2.43. The maximum Gasteiger partial charge on any atom is 0.324 e. The van der Waals surface area contributed by atoms with E-state index in [-0.39, 0.29) is 11.9 Å². The van der Waals surface area contributed by atoms with Crippen LogP contribution in [0.4, 0.5) is 16.3 Å². The number of fused-ring (bicyclic) bond motifs is 3. The molecule has 0 spiro atoms. The van der Waals surface area contributed by atoms with Gasteiger partial charge in [-0.05, 0) is 31.2 Å². The average Bonchev–Trinajstić information content (AvgIpc) is 3.09. The Morgan fingerprint density at radius 2 is 2.12 bits per heavy atom. The van der Waals surface area contributed by atoms with Crippen molar-refractivity contribution in [2.75, 3.05) is 17.2 Å². The van der Waals surface area contributed by atoms with Crippen molar-refractivity contribution >= 4 is 23.4 Å². The second-order valence-electron chi connectivity index (χ2n) is 5.81. The van der Waals surface area contributed by atoms with Crippen molar-refractivity contribution in [3.8, 4) is 0 Å². The third-order valence-corrected chi connectivity index (χ3v) is 4.20. The Morgan fingerprint density at radius 1 is 1.25 bits per heavy atom. The topological polar surface area (TPSA) is 83.6 Å². The lowest BCUT2D eigenvalue weighted by molar-refractivity contribution is 0.0361. The number of anilines is 2. The minimum Gasteiger partial charge on any atom is -0.352 e. The minimum atomic E-state index is -0.436. The Balaban J connectivity index is 1.60. The molecule has 24 heavy (non-hydrogen) atoms. The van der Waals surface area contributed by atoms with Crippen molar-refractivity contribution in [3.63, 3.8) is 0 Å². The average molecular weight is 324 g/mol. The number of carbonyl (C=O) groups is 2. The van der Waals surface area contributed by atoms with Gasteiger partial charge in [0.15, 0.2) is 6.23 Å². The zero-order valence-electron chi connectivity index (χ0n) is 13.0. The van der Waals surface area contributed by atoms with E-state index in [9.17, 15) is 9.59 Å². The van der Waals surface area contributed by atoms with Gasteiger partial charge in [-0.15, -0.1) is 0 Å². The summed E-state index contributed by atoms with van der Waals surface area (Å²) in [6.07, 6.45) is 1.16. The third kappa shape index (κ3) is 2.30. The zero-order chi connectivity index (χ0) is 16.7. The lowest BCUT2D eigenvalue weighted by Gasteiger charge is -2.19. The van der Waals surface area contributed by atoms with Crippen LogP contribution < -0.4 is 10.6 Å². The first-order chi connectivity index (χ1) is 11.6. The molecule has 1 aromatic heterocycles. The summed E-state index contributed by atoms with van der Waals surface area (Å²) < 4.78 is 5.75. The van der Waals surface area contributed by atoms with Crippen LogP contribution in [0.2, 0.25) is 0 Å². The number of carbonyl (C=O) groups excluding carboxylic acids is 2. The summed E-state index contributed by atoms with van der Waals surface area (Å²) in [7, 11) is 0. The molecule has 3 amide bonds. The number of benzene rings is 1. The van der Waals surface area contributed by atoms with E-state index in [1.54, 1.807) is 47.5 Å². The molecule has 2 aliphatic heterocycles. The van der Waals surface area contributed by atoms with E-state index in [0.29, 0.717) is 29.2 Å². The van der Waals surface area contributed by atoms with Crippen LogP contribution in [0.3, 0.4) is 0 Å². The number of nitrogens with one attached hydrogen (secondary N) is 2. The summed E-state index contributed by atoms with van der Waals surface area (Å²) in [6.45, 7) is 2.44. The van der Waals surface area contributed by atoms with E-state index in [1.165, 1.54) is 0 Å². The highest BCUT2D eigenvalue weighted by Gasteiger charge is 2.45. The van der Waals surface area contributed by atoms with Crippen molar-refractivity contribution in [1.82, 2.24) is 9.88 Å². The van der Waals surface area contributed by atoms with E-state index < -0.39 is 12.3 Å². The van der Waals surface area contributed by atoms with Crippen LogP contribution in [0.25, 0.3) is 0 Å². The third-order valence-electron chi connectivity index (χ3n) is 4.20. The second-order valence-corrected chi connectivity index (χ2v) is 5.81. The van der Waals surface area contributed by atoms with Crippen LogP contribution >= 0.6 is 0 Å². The van der Waals surface area contributed by atoms with Crippen molar-refractivity contribution in [2.45, 2.75) is 19.2 Å². The molecule has 1 aromatic carbocycles. The highest BCUT2D eigenvalue weighted by molar-refractivity contribution is 6.04. The highest BCUT2D eigenvalue weighted by atomic mass is 16.5. The molecule has 7 nitrogen and oxygen atoms in total. The van der Waals surface area contributed by atoms with Crippen LogP contribution in [-0.2, 0) is 4.74 Å². The first kappa shape index (κ1) is 14.6. The largest absolute Gasteiger partial charge is 0.352 e. The van der Waals surface area contributed by atoms with Gasteiger partial charge >= 0.3 is 6.03 Å². The summed E-state index contributed by atoms with van der Waals surface area (Å²) in [5.74, 6) is 0.389. The molecule has 122 valence electrons. The van der Waals surface area contributed by atoms with Crippen LogP contribution in [0.15, 0.2) is 42.6 Å². The van der Waals surface area contributed by atoms with Crippen LogP contribution in [0.5, 0.6) is 0 Å². The van der Waals surface area contributed by atoms with E-state index in [0.717, 1.165) is 0 Å². The van der Waals surface area contributed by atoms with Gasteiger partial charge in [0, 0.05) is 17.3 Å². The standard InChI is InChI=1S/C17H16N4O3/c1-10-9-24-16-14-11(15(22)21(10)16)5-4-6-12(14)19-17(23)20-13-7-2-3-8-18-13/h2-8,10,16H,9H2,1H3,(H2,18,19,20,23)/t10-,16?/m0/s1. The fraction of sp³-hybridized carbons (Fsp3) is 0.235. The quantitative estimate of drug-likeness (QED) is 0.889. The lowest BCUT2D eigenvalue weighted by atomic mass is 10.1. The molecule has 0 aliphatic carbocycles. The fourth-order valence-corrected chi connectivity index (χ4v) is 3.12. The Hall–Kier alpha value is -2.93. The first-order valence-corrected chi connectivity index (χ1v) is 7.71. The molecular weight excluding hydrogens is 308 g/mol. The van der Waals surface area contributed by atoms with Gasteiger partial charge < -0.3 is 15.0 Å². The van der Waals surface area contributed by atoms with Crippen LogP contribution in [-0.4, -0.2) is 34.5 Å². The number of urea groups is 1. The van der Waals surface area contributed by atoms with Gasteiger partial charge in [0.1, 0.15) is 5.82 Å². The Kier molecular flexibility index (Phi) is 3.42. The second kappa shape index (κ2) is 5.61. The van der Waals surface area contributed by atoms with Gasteiger partial charge in [0.05, 0.1) is 18.3 Å². The molecule has 2 atom stereocenters. The molecule has 1 saturated heterocycles. The number of pyridine rings is 1. The van der Waals surface area contributed by atoms with Crippen LogP contribution in [0.1, 0.15) is 29.1 Å². The van der Waals surface area contributed by atoms with Gasteiger partial charge in [-0.2, -0.15) is 0 Å². The minimum absolute atomic E-state index is 0.0186. The predicted octanol–water partition coefficient (Wildman–Crippen LogP) is 2.60. The predicted molar refractivity (Wildman–Crippen MR) is 87.6 cm³/mol. The molecule has 3 heterocycles.